The lowest BCUT2D eigenvalue weighted by molar-refractivity contribution is -0.870. The minimum absolute atomic E-state index is 0.0313. The van der Waals surface area contributed by atoms with E-state index in [4.69, 9.17) is 18.5 Å². The largest absolute Gasteiger partial charge is 0.472 e. The summed E-state index contributed by atoms with van der Waals surface area (Å²) in [5, 5.41) is 0. The van der Waals surface area contributed by atoms with Gasteiger partial charge >= 0.3 is 19.8 Å². The van der Waals surface area contributed by atoms with Crippen molar-refractivity contribution in [1.82, 2.24) is 0 Å². The second-order valence-electron chi connectivity index (χ2n) is 21.7. The van der Waals surface area contributed by atoms with Gasteiger partial charge in [-0.05, 0) is 77.0 Å². The Kier molecular flexibility index (Phi) is 52.8. The molecule has 2 atom stereocenters. The molecule has 0 aliphatic rings. The third kappa shape index (κ3) is 58.8. The molecule has 0 saturated heterocycles. The second kappa shape index (κ2) is 54.5. The van der Waals surface area contributed by atoms with Gasteiger partial charge in [0.05, 0.1) is 27.7 Å². The van der Waals surface area contributed by atoms with Crippen LogP contribution in [0.4, 0.5) is 0 Å². The Balaban J connectivity index is 4.07. The molecule has 1 N–H and O–H groups in total. The van der Waals surface area contributed by atoms with E-state index < -0.39 is 26.5 Å². The molecule has 0 aromatic heterocycles. The van der Waals surface area contributed by atoms with Gasteiger partial charge in [0, 0.05) is 12.8 Å². The summed E-state index contributed by atoms with van der Waals surface area (Å²) in [5.41, 5.74) is 0. The van der Waals surface area contributed by atoms with Gasteiger partial charge in [0.1, 0.15) is 19.8 Å². The van der Waals surface area contributed by atoms with Crippen molar-refractivity contribution in [3.63, 3.8) is 0 Å². The quantitative estimate of drug-likeness (QED) is 0.0211. The van der Waals surface area contributed by atoms with E-state index in [1.165, 1.54) is 186 Å². The van der Waals surface area contributed by atoms with Crippen LogP contribution >= 0.6 is 7.82 Å². The van der Waals surface area contributed by atoms with Crippen molar-refractivity contribution >= 4 is 19.8 Å². The Hall–Kier alpha value is -2.29. The highest BCUT2D eigenvalue weighted by Crippen LogP contribution is 2.43. The number of rotatable bonds is 56. The number of carbonyl (C=O) groups excluding carboxylic acids is 2. The molecular weight excluding hydrogens is 930 g/mol. The van der Waals surface area contributed by atoms with Crippen molar-refractivity contribution in [2.24, 2.45) is 0 Å². The standard InChI is InChI=1S/C63H116NO8P/c1-6-8-10-12-14-16-18-20-22-24-26-27-28-29-30-31-32-33-34-35-36-37-38-40-42-44-46-48-50-52-54-56-63(66)72-61(60-71-73(67,68)70-58-57-64(3,4)5)59-69-62(65)55-53-51-49-47-45-43-41-39-25-23-21-19-17-15-13-11-9-7-2/h8,10,14,16,20,22-23,25-27,61H,6-7,9,11-13,15,17-19,21,24,28-60H2,1-5H3/p+1/b10-8-,16-14-,22-20-,25-23-,27-26-. The summed E-state index contributed by atoms with van der Waals surface area (Å²) in [6.07, 6.45) is 70.1. The first-order chi connectivity index (χ1) is 35.5. The number of unbranched alkanes of at least 4 members (excludes halogenated alkanes) is 32. The number of phosphoric acid groups is 1. The lowest BCUT2D eigenvalue weighted by Crippen LogP contribution is -2.37. The average Bonchev–Trinajstić information content (AvgIpc) is 3.35. The summed E-state index contributed by atoms with van der Waals surface area (Å²) < 4.78 is 34.6. The summed E-state index contributed by atoms with van der Waals surface area (Å²) in [7, 11) is 1.48. The molecule has 0 radical (unpaired) electrons. The smallest absolute Gasteiger partial charge is 0.462 e. The maximum absolute atomic E-state index is 12.8. The fraction of sp³-hybridized carbons (Fsp3) is 0.810. The average molecular weight is 1050 g/mol. The Bertz CT molecular complexity index is 1420. The summed E-state index contributed by atoms with van der Waals surface area (Å²) in [6, 6.07) is 0. The van der Waals surface area contributed by atoms with Crippen molar-refractivity contribution in [2.75, 3.05) is 47.5 Å². The number of quaternary nitrogens is 1. The topological polar surface area (TPSA) is 108 Å². The third-order valence-corrected chi connectivity index (χ3v) is 14.3. The number of carbonyl (C=O) groups is 2. The van der Waals surface area contributed by atoms with Crippen molar-refractivity contribution in [3.8, 4) is 0 Å². The zero-order valence-corrected chi connectivity index (χ0v) is 49.3. The number of esters is 2. The molecule has 9 nitrogen and oxygen atoms in total. The fourth-order valence-corrected chi connectivity index (χ4v) is 9.33. The van der Waals surface area contributed by atoms with Crippen LogP contribution in [0.2, 0.25) is 0 Å². The van der Waals surface area contributed by atoms with Crippen LogP contribution in [-0.4, -0.2) is 74.9 Å². The van der Waals surface area contributed by atoms with Gasteiger partial charge < -0.3 is 18.9 Å². The van der Waals surface area contributed by atoms with Gasteiger partial charge in [-0.3, -0.25) is 18.6 Å². The lowest BCUT2D eigenvalue weighted by Gasteiger charge is -2.24. The minimum Gasteiger partial charge on any atom is -0.462 e. The highest BCUT2D eigenvalue weighted by molar-refractivity contribution is 7.47. The number of hydrogen-bond acceptors (Lipinski definition) is 7. The minimum atomic E-state index is -4.39. The van der Waals surface area contributed by atoms with Gasteiger partial charge in [0.2, 0.25) is 0 Å². The van der Waals surface area contributed by atoms with Crippen LogP contribution < -0.4 is 0 Å². The van der Waals surface area contributed by atoms with E-state index in [2.05, 4.69) is 74.6 Å². The third-order valence-electron chi connectivity index (χ3n) is 13.3. The van der Waals surface area contributed by atoms with E-state index in [0.717, 1.165) is 57.8 Å². The van der Waals surface area contributed by atoms with Crippen LogP contribution in [-0.2, 0) is 32.7 Å². The number of phosphoric ester groups is 1. The van der Waals surface area contributed by atoms with Gasteiger partial charge in [-0.25, -0.2) is 4.57 Å². The summed E-state index contributed by atoms with van der Waals surface area (Å²) >= 11 is 0. The first kappa shape index (κ1) is 70.7. The summed E-state index contributed by atoms with van der Waals surface area (Å²) in [4.78, 5) is 35.7. The van der Waals surface area contributed by atoms with Crippen LogP contribution in [0.25, 0.3) is 0 Å². The molecule has 0 spiro atoms. The van der Waals surface area contributed by atoms with E-state index in [9.17, 15) is 19.0 Å². The molecule has 426 valence electrons. The van der Waals surface area contributed by atoms with E-state index in [-0.39, 0.29) is 32.0 Å². The molecule has 0 aliphatic carbocycles. The van der Waals surface area contributed by atoms with Crippen LogP contribution in [0.1, 0.15) is 277 Å². The number of likely N-dealkylation sites (N-methyl/N-ethyl adjacent to an activating group) is 1. The van der Waals surface area contributed by atoms with Gasteiger partial charge in [-0.1, -0.05) is 248 Å². The van der Waals surface area contributed by atoms with Crippen LogP contribution in [0.5, 0.6) is 0 Å². The molecule has 0 fully saturated rings. The molecular formula is C63H117NO8P+. The molecule has 0 aliphatic heterocycles. The van der Waals surface area contributed by atoms with E-state index in [0.29, 0.717) is 17.4 Å². The Labute approximate surface area is 451 Å². The highest BCUT2D eigenvalue weighted by atomic mass is 31.2. The molecule has 0 saturated carbocycles. The first-order valence-electron chi connectivity index (χ1n) is 30.5. The van der Waals surface area contributed by atoms with Crippen molar-refractivity contribution in [3.05, 3.63) is 60.8 Å². The number of hydrogen-bond donors (Lipinski definition) is 1. The normalized spacial score (nSPS) is 13.7. The second-order valence-corrected chi connectivity index (χ2v) is 23.2. The molecule has 0 aromatic rings. The molecule has 0 heterocycles. The van der Waals surface area contributed by atoms with E-state index in [1.807, 2.05) is 21.1 Å². The molecule has 0 bridgehead atoms. The molecule has 10 heteroatoms. The Morgan fingerprint density at radius 2 is 0.781 bits per heavy atom. The number of allylic oxidation sites excluding steroid dienone is 10. The predicted molar refractivity (Wildman–Crippen MR) is 312 cm³/mol. The lowest BCUT2D eigenvalue weighted by atomic mass is 10.0. The van der Waals surface area contributed by atoms with Gasteiger partial charge in [0.25, 0.3) is 0 Å². The molecule has 0 amide bonds. The predicted octanol–water partition coefficient (Wildman–Crippen LogP) is 19.1. The molecule has 2 unspecified atom stereocenters. The SMILES string of the molecule is CC/C=C\C/C=C\C/C=C\C/C=C\CCCCCCCCCCCCCCCCCCCCC(=O)OC(COC(=O)CCCCCCCCC/C=C\CCCCCCCCC)COP(=O)(O)OCC[N+](C)(C)C. The zero-order valence-electron chi connectivity index (χ0n) is 48.4. The molecule has 0 aromatic carbocycles. The molecule has 0 rings (SSSR count). The zero-order chi connectivity index (χ0) is 53.5. The van der Waals surface area contributed by atoms with Crippen LogP contribution in [0.3, 0.4) is 0 Å². The number of ether oxygens (including phenoxy) is 2. The monoisotopic (exact) mass is 1050 g/mol. The van der Waals surface area contributed by atoms with Gasteiger partial charge in [-0.2, -0.15) is 0 Å². The summed E-state index contributed by atoms with van der Waals surface area (Å²) in [5.74, 6) is -0.792. The fourth-order valence-electron chi connectivity index (χ4n) is 8.59. The van der Waals surface area contributed by atoms with Crippen molar-refractivity contribution in [2.45, 2.75) is 283 Å². The van der Waals surface area contributed by atoms with Crippen LogP contribution in [0, 0.1) is 0 Å². The Morgan fingerprint density at radius 1 is 0.438 bits per heavy atom. The summed E-state index contributed by atoms with van der Waals surface area (Å²) in [6.45, 7) is 4.35. The first-order valence-corrected chi connectivity index (χ1v) is 32.0. The maximum Gasteiger partial charge on any atom is 0.472 e. The van der Waals surface area contributed by atoms with Crippen molar-refractivity contribution in [1.29, 1.82) is 0 Å². The van der Waals surface area contributed by atoms with E-state index >= 15 is 0 Å². The highest BCUT2D eigenvalue weighted by Gasteiger charge is 2.27. The van der Waals surface area contributed by atoms with E-state index in [1.54, 1.807) is 0 Å². The maximum atomic E-state index is 12.8. The molecule has 73 heavy (non-hydrogen) atoms. The van der Waals surface area contributed by atoms with Crippen LogP contribution in [0.15, 0.2) is 60.8 Å². The Morgan fingerprint density at radius 3 is 1.18 bits per heavy atom. The van der Waals surface area contributed by atoms with Crippen molar-refractivity contribution < 1.29 is 42.1 Å². The van der Waals surface area contributed by atoms with Gasteiger partial charge in [-0.15, -0.1) is 0 Å². The number of nitrogens with zero attached hydrogens (tertiary/aromatic N) is 1. The van der Waals surface area contributed by atoms with Gasteiger partial charge in [0.15, 0.2) is 6.10 Å².